The third-order valence-electron chi connectivity index (χ3n) is 8.40. The number of halogens is 1. The summed E-state index contributed by atoms with van der Waals surface area (Å²) in [6.07, 6.45) is 21.9. The van der Waals surface area contributed by atoms with Crippen molar-refractivity contribution in [3.63, 3.8) is 0 Å². The highest BCUT2D eigenvalue weighted by Gasteiger charge is 2.30. The van der Waals surface area contributed by atoms with Gasteiger partial charge in [-0.05, 0) is 111 Å². The predicted octanol–water partition coefficient (Wildman–Crippen LogP) is 9.22. The van der Waals surface area contributed by atoms with E-state index >= 15 is 0 Å². The van der Waals surface area contributed by atoms with Gasteiger partial charge in [0.1, 0.15) is 5.82 Å². The van der Waals surface area contributed by atoms with Gasteiger partial charge in [-0.2, -0.15) is 0 Å². The predicted molar refractivity (Wildman–Crippen MR) is 136 cm³/mol. The van der Waals surface area contributed by atoms with Gasteiger partial charge in [0.05, 0.1) is 0 Å². The summed E-state index contributed by atoms with van der Waals surface area (Å²) in [5.74, 6) is 3.65. The largest absolute Gasteiger partial charge is 0.206 e. The average Bonchev–Trinajstić information content (AvgIpc) is 2.83. The number of hydrogen-bond acceptors (Lipinski definition) is 0. The van der Waals surface area contributed by atoms with E-state index in [1.54, 1.807) is 0 Å². The number of aryl methyl sites for hydroxylation is 2. The highest BCUT2D eigenvalue weighted by atomic mass is 19.1. The molecule has 2 fully saturated rings. The van der Waals surface area contributed by atoms with E-state index in [1.807, 2.05) is 18.2 Å². The Kier molecular flexibility index (Phi) is 8.22. The molecular weight excluding hydrogens is 391 g/mol. The molecule has 2 aromatic rings. The van der Waals surface area contributed by atoms with Crippen LogP contribution in [-0.4, -0.2) is 0 Å². The molecule has 0 spiro atoms. The second-order valence-corrected chi connectivity index (χ2v) is 10.4. The molecule has 0 aliphatic heterocycles. The lowest BCUT2D eigenvalue weighted by Gasteiger charge is -2.37. The van der Waals surface area contributed by atoms with Gasteiger partial charge in [0.25, 0.3) is 0 Å². The van der Waals surface area contributed by atoms with E-state index < -0.39 is 0 Å². The van der Waals surface area contributed by atoms with Crippen LogP contribution in [0.1, 0.15) is 82.3 Å². The number of hydrogen-bond donors (Lipinski definition) is 0. The molecule has 2 aliphatic carbocycles. The lowest BCUT2D eigenvalue weighted by molar-refractivity contribution is 0.152. The smallest absolute Gasteiger partial charge is 0.134 e. The third-order valence-corrected chi connectivity index (χ3v) is 8.40. The molecule has 0 amide bonds. The van der Waals surface area contributed by atoms with Crippen LogP contribution in [0.2, 0.25) is 0 Å². The van der Waals surface area contributed by atoms with Gasteiger partial charge in [0.2, 0.25) is 0 Å². The second kappa shape index (κ2) is 11.3. The summed E-state index contributed by atoms with van der Waals surface area (Å²) < 4.78 is 14.8. The molecule has 0 heterocycles. The topological polar surface area (TPSA) is 0 Å². The van der Waals surface area contributed by atoms with Gasteiger partial charge in [-0.15, -0.1) is 6.58 Å². The van der Waals surface area contributed by atoms with Crippen molar-refractivity contribution >= 4 is 10.8 Å². The Hall–Kier alpha value is -1.89. The van der Waals surface area contributed by atoms with E-state index in [2.05, 4.69) is 43.9 Å². The quantitative estimate of drug-likeness (QED) is 0.365. The lowest BCUT2D eigenvalue weighted by atomic mass is 9.68. The number of rotatable bonds is 8. The maximum atomic E-state index is 14.8. The van der Waals surface area contributed by atoms with Crippen LogP contribution in [0.25, 0.3) is 10.8 Å². The molecule has 2 saturated carbocycles. The normalized spacial score (nSPS) is 26.6. The highest BCUT2D eigenvalue weighted by Crippen LogP contribution is 2.42. The molecule has 0 saturated heterocycles. The van der Waals surface area contributed by atoms with Crippen molar-refractivity contribution in [2.24, 2.45) is 23.7 Å². The molecule has 1 heteroatoms. The molecule has 0 radical (unpaired) electrons. The van der Waals surface area contributed by atoms with Gasteiger partial charge in [-0.25, -0.2) is 4.39 Å². The molecular formula is C31H41F. The first-order chi connectivity index (χ1) is 15.7. The Morgan fingerprint density at radius 1 is 0.906 bits per heavy atom. The Labute approximate surface area is 195 Å². The maximum Gasteiger partial charge on any atom is 0.134 e. The van der Waals surface area contributed by atoms with Crippen molar-refractivity contribution in [2.75, 3.05) is 0 Å². The zero-order chi connectivity index (χ0) is 22.3. The monoisotopic (exact) mass is 432 g/mol. The van der Waals surface area contributed by atoms with Crippen molar-refractivity contribution in [3.8, 4) is 0 Å². The molecule has 172 valence electrons. The molecule has 0 aromatic heterocycles. The first-order valence-electron chi connectivity index (χ1n) is 13.1. The Morgan fingerprint density at radius 2 is 1.62 bits per heavy atom. The van der Waals surface area contributed by atoms with Gasteiger partial charge in [0, 0.05) is 5.39 Å². The van der Waals surface area contributed by atoms with Crippen molar-refractivity contribution in [1.29, 1.82) is 0 Å². The highest BCUT2D eigenvalue weighted by molar-refractivity contribution is 5.84. The van der Waals surface area contributed by atoms with Crippen LogP contribution in [0.5, 0.6) is 0 Å². The summed E-state index contributed by atoms with van der Waals surface area (Å²) in [5.41, 5.74) is 2.16. The molecule has 2 aromatic carbocycles. The summed E-state index contributed by atoms with van der Waals surface area (Å²) in [6, 6.07) is 10.4. The SMILES string of the molecule is C=CCCc1ccc2cc(CCC3CCC(C4CCC(/C=C/C)CC4)CC3)ccc2c1F. The van der Waals surface area contributed by atoms with E-state index in [-0.39, 0.29) is 5.82 Å². The zero-order valence-corrected chi connectivity index (χ0v) is 20.0. The van der Waals surface area contributed by atoms with Gasteiger partial charge in [0.15, 0.2) is 0 Å². The van der Waals surface area contributed by atoms with Crippen LogP contribution in [0.3, 0.4) is 0 Å². The average molecular weight is 433 g/mol. The van der Waals surface area contributed by atoms with Crippen LogP contribution in [0.4, 0.5) is 4.39 Å². The van der Waals surface area contributed by atoms with Crippen molar-refractivity contribution < 1.29 is 4.39 Å². The Morgan fingerprint density at radius 3 is 2.31 bits per heavy atom. The van der Waals surface area contributed by atoms with Crippen LogP contribution in [0, 0.1) is 29.5 Å². The maximum absolute atomic E-state index is 14.8. The first-order valence-corrected chi connectivity index (χ1v) is 13.1. The van der Waals surface area contributed by atoms with Crippen molar-refractivity contribution in [3.05, 3.63) is 72.1 Å². The summed E-state index contributed by atoms with van der Waals surface area (Å²) >= 11 is 0. The molecule has 32 heavy (non-hydrogen) atoms. The number of fused-ring (bicyclic) bond motifs is 1. The lowest BCUT2D eigenvalue weighted by Crippen LogP contribution is -2.25. The summed E-state index contributed by atoms with van der Waals surface area (Å²) in [4.78, 5) is 0. The van der Waals surface area contributed by atoms with E-state index in [1.165, 1.54) is 63.4 Å². The van der Waals surface area contributed by atoms with Crippen LogP contribution in [-0.2, 0) is 12.8 Å². The van der Waals surface area contributed by atoms with Crippen molar-refractivity contribution in [1.82, 2.24) is 0 Å². The summed E-state index contributed by atoms with van der Waals surface area (Å²) in [6.45, 7) is 5.91. The van der Waals surface area contributed by atoms with E-state index in [0.717, 1.165) is 59.3 Å². The van der Waals surface area contributed by atoms with Gasteiger partial charge in [-0.1, -0.05) is 61.4 Å². The molecule has 0 unspecified atom stereocenters. The zero-order valence-electron chi connectivity index (χ0n) is 20.0. The minimum Gasteiger partial charge on any atom is -0.206 e. The van der Waals surface area contributed by atoms with E-state index in [0.29, 0.717) is 0 Å². The van der Waals surface area contributed by atoms with Crippen LogP contribution >= 0.6 is 0 Å². The van der Waals surface area contributed by atoms with Crippen LogP contribution < -0.4 is 0 Å². The number of allylic oxidation sites excluding steroid dienone is 3. The first kappa shape index (κ1) is 23.3. The molecule has 0 bridgehead atoms. The molecule has 4 rings (SSSR count). The van der Waals surface area contributed by atoms with E-state index in [9.17, 15) is 4.39 Å². The molecule has 0 nitrogen and oxygen atoms in total. The van der Waals surface area contributed by atoms with Gasteiger partial charge >= 0.3 is 0 Å². The van der Waals surface area contributed by atoms with Crippen LogP contribution in [0.15, 0.2) is 55.1 Å². The molecule has 0 atom stereocenters. The minimum atomic E-state index is -0.0472. The standard InChI is InChI=1S/C31H41F/c1-3-5-7-28-19-20-29-22-25(14-21-30(29)31(28)32)9-8-24-12-17-27(18-13-24)26-15-10-23(6-4-2)11-16-26/h3-4,6,14,19-24,26-27H,1,5,7-13,15-18H2,2H3/b6-4+. The number of benzene rings is 2. The molecule has 2 aliphatic rings. The van der Waals surface area contributed by atoms with E-state index in [4.69, 9.17) is 0 Å². The summed E-state index contributed by atoms with van der Waals surface area (Å²) in [7, 11) is 0. The Bertz CT molecular complexity index is 907. The Balaban J connectivity index is 1.26. The fourth-order valence-corrected chi connectivity index (χ4v) is 6.39. The fourth-order valence-electron chi connectivity index (χ4n) is 6.39. The van der Waals surface area contributed by atoms with Crippen molar-refractivity contribution in [2.45, 2.75) is 84.0 Å². The van der Waals surface area contributed by atoms with Gasteiger partial charge in [-0.3, -0.25) is 0 Å². The van der Waals surface area contributed by atoms with Gasteiger partial charge < -0.3 is 0 Å². The second-order valence-electron chi connectivity index (χ2n) is 10.4. The minimum absolute atomic E-state index is 0.0472. The summed E-state index contributed by atoms with van der Waals surface area (Å²) in [5, 5.41) is 1.81. The third kappa shape index (κ3) is 5.72. The molecule has 0 N–H and O–H groups in total. The fraction of sp³-hybridized carbons (Fsp3) is 0.548.